The zero-order chi connectivity index (χ0) is 12.8. The molecule has 0 aromatic rings. The van der Waals surface area contributed by atoms with Crippen molar-refractivity contribution in [2.75, 3.05) is 14.2 Å². The average molecular weight is 227 g/mol. The Kier molecular flexibility index (Phi) is 6.34. The summed E-state index contributed by atoms with van der Waals surface area (Å²) < 4.78 is 5.18. The second-order valence-corrected chi connectivity index (χ2v) is 4.36. The van der Waals surface area contributed by atoms with Gasteiger partial charge in [-0.25, -0.2) is 0 Å². The Labute approximate surface area is 99.3 Å². The van der Waals surface area contributed by atoms with Gasteiger partial charge in [0.15, 0.2) is 11.5 Å². The van der Waals surface area contributed by atoms with Crippen molar-refractivity contribution < 1.29 is 9.53 Å². The monoisotopic (exact) mass is 227 g/mol. The van der Waals surface area contributed by atoms with Gasteiger partial charge in [-0.15, -0.1) is 0 Å². The number of ether oxygens (including phenoxy) is 1. The number of rotatable bonds is 7. The Hall–Kier alpha value is -0.830. The Balaban J connectivity index is 5.09. The lowest BCUT2D eigenvalue weighted by Crippen LogP contribution is -2.38. The van der Waals surface area contributed by atoms with E-state index in [9.17, 15) is 4.79 Å². The number of allylic oxidation sites excluding steroid dienone is 1. The molecule has 0 rings (SSSR count). The van der Waals surface area contributed by atoms with Crippen LogP contribution in [-0.4, -0.2) is 26.0 Å². The molecular weight excluding hydrogens is 202 g/mol. The summed E-state index contributed by atoms with van der Waals surface area (Å²) in [6.07, 6.45) is 3.40. The van der Waals surface area contributed by atoms with Crippen molar-refractivity contribution in [1.82, 2.24) is 5.32 Å². The molecule has 0 aromatic carbocycles. The topological polar surface area (TPSA) is 38.3 Å². The lowest BCUT2D eigenvalue weighted by molar-refractivity contribution is -0.118. The molecule has 0 aromatic heterocycles. The summed E-state index contributed by atoms with van der Waals surface area (Å²) in [5.41, 5.74) is -0.0646. The second-order valence-electron chi connectivity index (χ2n) is 4.36. The van der Waals surface area contributed by atoms with Crippen LogP contribution < -0.4 is 5.32 Å². The number of hydrogen-bond acceptors (Lipinski definition) is 3. The number of hydrogen-bond donors (Lipinski definition) is 1. The van der Waals surface area contributed by atoms with Gasteiger partial charge in [-0.1, -0.05) is 20.8 Å². The van der Waals surface area contributed by atoms with E-state index in [0.717, 1.165) is 6.42 Å². The number of ketones is 1. The van der Waals surface area contributed by atoms with Gasteiger partial charge in [-0.05, 0) is 26.5 Å². The lowest BCUT2D eigenvalue weighted by atomic mass is 9.79. The standard InChI is InChI=1S/C13H25NO2/c1-7-11(15)12(16-6)9-13(4,8-2)10(3)14-5/h9-10,14H,7-8H2,1-6H3. The highest BCUT2D eigenvalue weighted by Crippen LogP contribution is 2.29. The van der Waals surface area contributed by atoms with Crippen molar-refractivity contribution in [1.29, 1.82) is 0 Å². The van der Waals surface area contributed by atoms with Crippen molar-refractivity contribution in [2.24, 2.45) is 5.41 Å². The maximum Gasteiger partial charge on any atom is 0.196 e. The van der Waals surface area contributed by atoms with E-state index in [2.05, 4.69) is 26.1 Å². The molecule has 2 atom stereocenters. The van der Waals surface area contributed by atoms with Crippen LogP contribution in [0.25, 0.3) is 0 Å². The molecule has 0 saturated carbocycles. The zero-order valence-corrected chi connectivity index (χ0v) is 11.4. The second kappa shape index (κ2) is 6.69. The van der Waals surface area contributed by atoms with Gasteiger partial charge in [0, 0.05) is 17.9 Å². The molecular formula is C13H25NO2. The Bertz CT molecular complexity index is 261. The molecule has 0 aliphatic carbocycles. The van der Waals surface area contributed by atoms with Crippen molar-refractivity contribution in [2.45, 2.75) is 46.6 Å². The van der Waals surface area contributed by atoms with Gasteiger partial charge in [-0.3, -0.25) is 4.79 Å². The van der Waals surface area contributed by atoms with Gasteiger partial charge in [0.05, 0.1) is 7.11 Å². The molecule has 0 aliphatic heterocycles. The summed E-state index contributed by atoms with van der Waals surface area (Å²) in [7, 11) is 3.49. The van der Waals surface area contributed by atoms with E-state index >= 15 is 0 Å². The van der Waals surface area contributed by atoms with Crippen LogP contribution in [0.3, 0.4) is 0 Å². The van der Waals surface area contributed by atoms with Gasteiger partial charge in [0.1, 0.15) is 0 Å². The summed E-state index contributed by atoms with van der Waals surface area (Å²) in [6, 6.07) is 0.298. The van der Waals surface area contributed by atoms with Crippen LogP contribution in [0.5, 0.6) is 0 Å². The summed E-state index contributed by atoms with van der Waals surface area (Å²) in [5, 5.41) is 3.23. The van der Waals surface area contributed by atoms with Crippen molar-refractivity contribution in [3.05, 3.63) is 11.8 Å². The van der Waals surface area contributed by atoms with E-state index in [4.69, 9.17) is 4.74 Å². The molecule has 94 valence electrons. The van der Waals surface area contributed by atoms with Crippen LogP contribution in [0.1, 0.15) is 40.5 Å². The minimum atomic E-state index is -0.0646. The molecule has 2 unspecified atom stereocenters. The number of Topliss-reactive ketones (excluding diaryl/α,β-unsaturated/α-hetero) is 1. The third kappa shape index (κ3) is 3.63. The van der Waals surface area contributed by atoms with Crippen LogP contribution in [0, 0.1) is 5.41 Å². The largest absolute Gasteiger partial charge is 0.493 e. The van der Waals surface area contributed by atoms with Gasteiger partial charge in [-0.2, -0.15) is 0 Å². The molecule has 0 saturated heterocycles. The van der Waals surface area contributed by atoms with E-state index in [1.165, 1.54) is 0 Å². The van der Waals surface area contributed by atoms with Crippen molar-refractivity contribution >= 4 is 5.78 Å². The van der Waals surface area contributed by atoms with E-state index in [-0.39, 0.29) is 11.2 Å². The molecule has 3 nitrogen and oxygen atoms in total. The summed E-state index contributed by atoms with van der Waals surface area (Å²) in [4.78, 5) is 11.6. The molecule has 0 fully saturated rings. The zero-order valence-electron chi connectivity index (χ0n) is 11.4. The van der Waals surface area contributed by atoms with Crippen LogP contribution in [-0.2, 0) is 9.53 Å². The van der Waals surface area contributed by atoms with Gasteiger partial charge >= 0.3 is 0 Å². The SMILES string of the molecule is CCC(=O)C(=CC(C)(CC)C(C)NC)OC. The van der Waals surface area contributed by atoms with Gasteiger partial charge < -0.3 is 10.1 Å². The Morgan fingerprint density at radius 1 is 1.50 bits per heavy atom. The number of methoxy groups -OCH3 is 1. The fourth-order valence-corrected chi connectivity index (χ4v) is 1.59. The highest BCUT2D eigenvalue weighted by atomic mass is 16.5. The number of nitrogens with one attached hydrogen (secondary N) is 1. The molecule has 0 bridgehead atoms. The maximum absolute atomic E-state index is 11.6. The fourth-order valence-electron chi connectivity index (χ4n) is 1.59. The summed E-state index contributed by atoms with van der Waals surface area (Å²) >= 11 is 0. The summed E-state index contributed by atoms with van der Waals surface area (Å²) in [5.74, 6) is 0.541. The molecule has 1 N–H and O–H groups in total. The third-order valence-electron chi connectivity index (χ3n) is 3.46. The van der Waals surface area contributed by atoms with Crippen LogP contribution >= 0.6 is 0 Å². The summed E-state index contributed by atoms with van der Waals surface area (Å²) in [6.45, 7) is 8.22. The number of carbonyl (C=O) groups excluding carboxylic acids is 1. The van der Waals surface area contributed by atoms with E-state index in [0.29, 0.717) is 18.2 Å². The fraction of sp³-hybridized carbons (Fsp3) is 0.769. The molecule has 0 heterocycles. The highest BCUT2D eigenvalue weighted by molar-refractivity contribution is 5.93. The lowest BCUT2D eigenvalue weighted by Gasteiger charge is -2.32. The first kappa shape index (κ1) is 15.2. The smallest absolute Gasteiger partial charge is 0.196 e. The van der Waals surface area contributed by atoms with Crippen molar-refractivity contribution in [3.63, 3.8) is 0 Å². The minimum absolute atomic E-state index is 0.0606. The Morgan fingerprint density at radius 2 is 2.06 bits per heavy atom. The Morgan fingerprint density at radius 3 is 2.38 bits per heavy atom. The van der Waals surface area contributed by atoms with Crippen LogP contribution in [0.4, 0.5) is 0 Å². The first-order chi connectivity index (χ1) is 7.45. The molecule has 0 amide bonds. The molecule has 0 aliphatic rings. The van der Waals surface area contributed by atoms with E-state index in [1.54, 1.807) is 7.11 Å². The first-order valence-electron chi connectivity index (χ1n) is 5.92. The maximum atomic E-state index is 11.6. The number of carbonyl (C=O) groups is 1. The van der Waals surface area contributed by atoms with Crippen LogP contribution in [0.15, 0.2) is 11.8 Å². The molecule has 0 spiro atoms. The molecule has 16 heavy (non-hydrogen) atoms. The minimum Gasteiger partial charge on any atom is -0.493 e. The average Bonchev–Trinajstić information content (AvgIpc) is 2.33. The molecule has 0 radical (unpaired) electrons. The van der Waals surface area contributed by atoms with E-state index < -0.39 is 0 Å². The molecule has 3 heteroatoms. The quantitative estimate of drug-likeness (QED) is 0.536. The van der Waals surface area contributed by atoms with Gasteiger partial charge in [0.2, 0.25) is 0 Å². The highest BCUT2D eigenvalue weighted by Gasteiger charge is 2.28. The van der Waals surface area contributed by atoms with Crippen LogP contribution in [0.2, 0.25) is 0 Å². The normalized spacial score (nSPS) is 17.8. The van der Waals surface area contributed by atoms with E-state index in [1.807, 2.05) is 20.0 Å². The first-order valence-corrected chi connectivity index (χ1v) is 5.92. The predicted octanol–water partition coefficient (Wildman–Crippen LogP) is 2.52. The van der Waals surface area contributed by atoms with Gasteiger partial charge in [0.25, 0.3) is 0 Å². The third-order valence-corrected chi connectivity index (χ3v) is 3.46. The van der Waals surface area contributed by atoms with Crippen molar-refractivity contribution in [3.8, 4) is 0 Å². The predicted molar refractivity (Wildman–Crippen MR) is 67.3 cm³/mol.